The van der Waals surface area contributed by atoms with Gasteiger partial charge in [-0.3, -0.25) is 9.59 Å². The molecule has 6 rings (SSSR count). The van der Waals surface area contributed by atoms with E-state index >= 15 is 0 Å². The Morgan fingerprint density at radius 3 is 2.59 bits per heavy atom. The number of hydrogen-bond acceptors (Lipinski definition) is 6. The van der Waals surface area contributed by atoms with Crippen LogP contribution < -0.4 is 10.2 Å². The standard InChI is InChI=1S/C24H21FN6O2S/c25-18-5-1-15(2-6-18)20-14-31-23(27-20)34-24(28-31)30-11-9-29(10-12-30)22(33)17-3-7-19-16(13-17)4-8-21(32)26-19/h1-3,5-7,13-14H,4,8-12H2,(H,26,32). The lowest BCUT2D eigenvalue weighted by Crippen LogP contribution is -2.48. The minimum Gasteiger partial charge on any atom is -0.343 e. The molecule has 0 radical (unpaired) electrons. The molecule has 1 fully saturated rings. The zero-order valence-corrected chi connectivity index (χ0v) is 19.0. The van der Waals surface area contributed by atoms with E-state index in [0.717, 1.165) is 32.6 Å². The monoisotopic (exact) mass is 476 g/mol. The molecule has 0 spiro atoms. The van der Waals surface area contributed by atoms with Crippen molar-refractivity contribution in [2.75, 3.05) is 36.4 Å². The molecule has 0 aliphatic carbocycles. The number of nitrogens with zero attached hydrogens (tertiary/aromatic N) is 5. The highest BCUT2D eigenvalue weighted by Crippen LogP contribution is 2.28. The number of carbonyl (C=O) groups excluding carboxylic acids is 2. The van der Waals surface area contributed by atoms with Gasteiger partial charge in [-0.1, -0.05) is 11.3 Å². The molecule has 34 heavy (non-hydrogen) atoms. The Labute approximate surface area is 198 Å². The Morgan fingerprint density at radius 2 is 1.82 bits per heavy atom. The van der Waals surface area contributed by atoms with Gasteiger partial charge >= 0.3 is 0 Å². The quantitative estimate of drug-likeness (QED) is 0.490. The third-order valence-electron chi connectivity index (χ3n) is 6.26. The van der Waals surface area contributed by atoms with Gasteiger partial charge in [-0.25, -0.2) is 13.9 Å². The van der Waals surface area contributed by atoms with Crippen LogP contribution in [-0.4, -0.2) is 57.5 Å². The number of fused-ring (bicyclic) bond motifs is 2. The van der Waals surface area contributed by atoms with Crippen LogP contribution in [0.3, 0.4) is 0 Å². The molecule has 1 saturated heterocycles. The van der Waals surface area contributed by atoms with Gasteiger partial charge in [0.05, 0.1) is 11.9 Å². The van der Waals surface area contributed by atoms with Crippen LogP contribution in [0.15, 0.2) is 48.7 Å². The molecule has 10 heteroatoms. The number of nitrogens with one attached hydrogen (secondary N) is 1. The number of benzene rings is 2. The Balaban J connectivity index is 1.12. The van der Waals surface area contributed by atoms with Crippen LogP contribution in [0, 0.1) is 5.82 Å². The van der Waals surface area contributed by atoms with Crippen LogP contribution in [-0.2, 0) is 11.2 Å². The molecule has 2 aromatic heterocycles. The zero-order valence-electron chi connectivity index (χ0n) is 18.2. The fraction of sp³-hybridized carbons (Fsp3) is 0.250. The average molecular weight is 477 g/mol. The topological polar surface area (TPSA) is 82.8 Å². The minimum atomic E-state index is -0.275. The summed E-state index contributed by atoms with van der Waals surface area (Å²) in [7, 11) is 0. The van der Waals surface area contributed by atoms with Crippen LogP contribution in [0.2, 0.25) is 0 Å². The van der Waals surface area contributed by atoms with E-state index in [1.165, 1.54) is 23.5 Å². The van der Waals surface area contributed by atoms with Gasteiger partial charge in [0, 0.05) is 49.4 Å². The van der Waals surface area contributed by atoms with E-state index in [9.17, 15) is 14.0 Å². The molecule has 4 aromatic rings. The highest BCUT2D eigenvalue weighted by atomic mass is 32.1. The summed E-state index contributed by atoms with van der Waals surface area (Å²) < 4.78 is 14.9. The first-order valence-corrected chi connectivity index (χ1v) is 11.9. The smallest absolute Gasteiger partial charge is 0.253 e. The summed E-state index contributed by atoms with van der Waals surface area (Å²) in [6, 6.07) is 11.8. The van der Waals surface area contributed by atoms with Crippen molar-refractivity contribution < 1.29 is 14.0 Å². The predicted molar refractivity (Wildman–Crippen MR) is 128 cm³/mol. The molecule has 0 unspecified atom stereocenters. The van der Waals surface area contributed by atoms with Gasteiger partial charge in [-0.05, 0) is 54.4 Å². The fourth-order valence-electron chi connectivity index (χ4n) is 4.38. The summed E-state index contributed by atoms with van der Waals surface area (Å²) in [5, 5.41) is 8.39. The average Bonchev–Trinajstić information content (AvgIpc) is 3.43. The molecular formula is C24H21FN6O2S. The van der Waals surface area contributed by atoms with Gasteiger partial charge in [0.1, 0.15) is 5.82 Å². The lowest BCUT2D eigenvalue weighted by molar-refractivity contribution is -0.116. The Bertz CT molecular complexity index is 1370. The lowest BCUT2D eigenvalue weighted by Gasteiger charge is -2.34. The van der Waals surface area contributed by atoms with Gasteiger partial charge in [-0.15, -0.1) is 5.10 Å². The van der Waals surface area contributed by atoms with Crippen LogP contribution in [0.1, 0.15) is 22.3 Å². The van der Waals surface area contributed by atoms with Gasteiger partial charge < -0.3 is 15.1 Å². The summed E-state index contributed by atoms with van der Waals surface area (Å²) in [5.74, 6) is -0.246. The van der Waals surface area contributed by atoms with Crippen molar-refractivity contribution in [3.05, 3.63) is 65.6 Å². The Kier molecular flexibility index (Phi) is 5.02. The van der Waals surface area contributed by atoms with Crippen molar-refractivity contribution in [3.63, 3.8) is 0 Å². The van der Waals surface area contributed by atoms with Crippen LogP contribution in [0.25, 0.3) is 16.2 Å². The first-order valence-electron chi connectivity index (χ1n) is 11.1. The number of aryl methyl sites for hydroxylation is 1. The normalized spacial score (nSPS) is 16.0. The molecule has 2 aliphatic heterocycles. The SMILES string of the molecule is O=C1CCc2cc(C(=O)N3CCN(c4nn5cc(-c6ccc(F)cc6)nc5s4)CC3)ccc2N1. The maximum Gasteiger partial charge on any atom is 0.253 e. The van der Waals surface area contributed by atoms with E-state index in [0.29, 0.717) is 44.6 Å². The van der Waals surface area contributed by atoms with Crippen molar-refractivity contribution in [2.45, 2.75) is 12.8 Å². The van der Waals surface area contributed by atoms with Crippen molar-refractivity contribution in [3.8, 4) is 11.3 Å². The number of amides is 2. The van der Waals surface area contributed by atoms with E-state index in [1.807, 2.05) is 23.2 Å². The maximum absolute atomic E-state index is 13.2. The molecule has 2 amide bonds. The number of halogens is 1. The van der Waals surface area contributed by atoms with Crippen molar-refractivity contribution >= 4 is 38.9 Å². The summed E-state index contributed by atoms with van der Waals surface area (Å²) >= 11 is 1.50. The van der Waals surface area contributed by atoms with E-state index in [1.54, 1.807) is 22.7 Å². The number of carbonyl (C=O) groups is 2. The Hall–Kier alpha value is -3.79. The summed E-state index contributed by atoms with van der Waals surface area (Å²) in [5.41, 5.74) is 4.07. The van der Waals surface area contributed by atoms with E-state index in [4.69, 9.17) is 0 Å². The molecule has 2 aliphatic rings. The molecule has 0 atom stereocenters. The van der Waals surface area contributed by atoms with Gasteiger partial charge in [0.25, 0.3) is 5.91 Å². The highest BCUT2D eigenvalue weighted by molar-refractivity contribution is 7.20. The maximum atomic E-state index is 13.2. The van der Waals surface area contributed by atoms with Gasteiger partial charge in [-0.2, -0.15) is 0 Å². The number of rotatable bonds is 3. The van der Waals surface area contributed by atoms with E-state index in [-0.39, 0.29) is 17.6 Å². The van der Waals surface area contributed by atoms with E-state index in [2.05, 4.69) is 20.3 Å². The third kappa shape index (κ3) is 3.79. The molecule has 0 bridgehead atoms. The molecule has 4 heterocycles. The summed E-state index contributed by atoms with van der Waals surface area (Å²) in [6.45, 7) is 2.59. The predicted octanol–water partition coefficient (Wildman–Crippen LogP) is 3.44. The molecule has 2 aromatic carbocycles. The van der Waals surface area contributed by atoms with E-state index < -0.39 is 0 Å². The van der Waals surface area contributed by atoms with Crippen molar-refractivity contribution in [1.82, 2.24) is 19.5 Å². The molecule has 1 N–H and O–H groups in total. The molecule has 8 nitrogen and oxygen atoms in total. The molecule has 0 saturated carbocycles. The number of piperazine rings is 1. The number of anilines is 2. The van der Waals surface area contributed by atoms with Crippen molar-refractivity contribution in [1.29, 1.82) is 0 Å². The van der Waals surface area contributed by atoms with Gasteiger partial charge in [0.15, 0.2) is 0 Å². The first kappa shape index (κ1) is 20.8. The summed E-state index contributed by atoms with van der Waals surface area (Å²) in [4.78, 5) is 34.1. The Morgan fingerprint density at radius 1 is 1.03 bits per heavy atom. The van der Waals surface area contributed by atoms with Crippen molar-refractivity contribution in [2.24, 2.45) is 0 Å². The first-order chi connectivity index (χ1) is 16.5. The second-order valence-corrected chi connectivity index (χ2v) is 9.38. The van der Waals surface area contributed by atoms with Gasteiger partial charge in [0.2, 0.25) is 16.0 Å². The number of hydrogen-bond donors (Lipinski definition) is 1. The third-order valence-corrected chi connectivity index (χ3v) is 7.24. The largest absolute Gasteiger partial charge is 0.343 e. The minimum absolute atomic E-state index is 0.0113. The highest BCUT2D eigenvalue weighted by Gasteiger charge is 2.25. The second-order valence-electron chi connectivity index (χ2n) is 8.44. The molecular weight excluding hydrogens is 455 g/mol. The van der Waals surface area contributed by atoms with Crippen LogP contribution >= 0.6 is 11.3 Å². The lowest BCUT2D eigenvalue weighted by atomic mass is 10.00. The number of imidazole rings is 1. The molecule has 172 valence electrons. The second kappa shape index (κ2) is 8.21. The van der Waals surface area contributed by atoms with Crippen LogP contribution in [0.4, 0.5) is 15.2 Å². The summed E-state index contributed by atoms with van der Waals surface area (Å²) in [6.07, 6.45) is 2.96. The number of aromatic nitrogens is 3. The fourth-order valence-corrected chi connectivity index (χ4v) is 5.31. The van der Waals surface area contributed by atoms with Crippen LogP contribution in [0.5, 0.6) is 0 Å². The zero-order chi connectivity index (χ0) is 23.2.